The molecule has 7 rings (SSSR count). The third kappa shape index (κ3) is 8.24. The predicted molar refractivity (Wildman–Crippen MR) is 211 cm³/mol. The number of nitrogens with zero attached hydrogens (tertiary/aromatic N) is 3. The summed E-state index contributed by atoms with van der Waals surface area (Å²) in [5.41, 5.74) is 4.05. The molecule has 0 spiro atoms. The zero-order valence-electron chi connectivity index (χ0n) is 31.1. The number of hydrogen-bond acceptors (Lipinski definition) is 10. The number of hydrogen-bond donors (Lipinski definition) is 5. The molecule has 302 valence electrons. The van der Waals surface area contributed by atoms with Gasteiger partial charge in [0.1, 0.15) is 42.3 Å². The summed E-state index contributed by atoms with van der Waals surface area (Å²) in [6, 6.07) is 21.7. The van der Waals surface area contributed by atoms with Crippen LogP contribution in [0, 0.1) is 5.82 Å². The maximum absolute atomic E-state index is 16.3. The van der Waals surface area contributed by atoms with Crippen molar-refractivity contribution in [2.75, 3.05) is 11.4 Å². The fourth-order valence-electron chi connectivity index (χ4n) is 7.72. The van der Waals surface area contributed by atoms with Crippen LogP contribution in [0.2, 0.25) is 5.02 Å². The number of carbonyl (C=O) groups excluding carboxylic acids is 3. The van der Waals surface area contributed by atoms with Crippen molar-refractivity contribution in [3.8, 4) is 28.3 Å². The van der Waals surface area contributed by atoms with Crippen molar-refractivity contribution >= 4 is 51.8 Å². The number of benzene rings is 4. The smallest absolute Gasteiger partial charge is 0.335 e. The van der Waals surface area contributed by atoms with E-state index in [1.165, 1.54) is 18.2 Å². The molecule has 2 heterocycles. The van der Waals surface area contributed by atoms with Gasteiger partial charge in [-0.1, -0.05) is 49.1 Å². The van der Waals surface area contributed by atoms with E-state index >= 15 is 4.39 Å². The van der Waals surface area contributed by atoms with Gasteiger partial charge in [0.05, 0.1) is 16.6 Å². The zero-order chi connectivity index (χ0) is 41.2. The van der Waals surface area contributed by atoms with Crippen LogP contribution in [-0.4, -0.2) is 89.5 Å². The number of ether oxygens (including phenoxy) is 1. The van der Waals surface area contributed by atoms with E-state index in [-0.39, 0.29) is 46.8 Å². The highest BCUT2D eigenvalue weighted by molar-refractivity contribution is 6.45. The summed E-state index contributed by atoms with van der Waals surface area (Å²) in [7, 11) is 0. The van der Waals surface area contributed by atoms with Crippen molar-refractivity contribution in [3.63, 3.8) is 0 Å². The van der Waals surface area contributed by atoms with Crippen LogP contribution in [0.4, 0.5) is 10.1 Å². The molecule has 1 aliphatic heterocycles. The number of halogens is 2. The van der Waals surface area contributed by atoms with Crippen LogP contribution in [0.3, 0.4) is 0 Å². The van der Waals surface area contributed by atoms with Gasteiger partial charge in [-0.25, -0.2) is 14.2 Å². The average Bonchev–Trinajstić information content (AvgIpc) is 3.84. The highest BCUT2D eigenvalue weighted by Crippen LogP contribution is 2.38. The summed E-state index contributed by atoms with van der Waals surface area (Å²) in [5.74, 6) is -4.75. The lowest BCUT2D eigenvalue weighted by atomic mass is 9.94. The van der Waals surface area contributed by atoms with Crippen LogP contribution in [0.25, 0.3) is 33.5 Å². The molecule has 15 heteroatoms. The predicted octanol–water partition coefficient (Wildman–Crippen LogP) is 5.65. The topological polar surface area (TPSA) is 200 Å². The number of fused-ring (bicyclic) bond motifs is 1. The number of carboxylic acid groups (broad SMARTS) is 1. The lowest BCUT2D eigenvalue weighted by molar-refractivity contribution is -0.164. The number of ketones is 2. The number of aliphatic carboxylic acids is 1. The molecule has 5 N–H and O–H groups in total. The molecule has 1 saturated carbocycles. The van der Waals surface area contributed by atoms with Gasteiger partial charge in [-0.15, -0.1) is 0 Å². The highest BCUT2D eigenvalue weighted by atomic mass is 35.5. The second-order valence-corrected chi connectivity index (χ2v) is 15.1. The molecule has 2 fully saturated rings. The first-order valence-corrected chi connectivity index (χ1v) is 19.4. The zero-order valence-corrected chi connectivity index (χ0v) is 31.9. The number of aliphatic hydroxyl groups excluding tert-OH is 4. The van der Waals surface area contributed by atoms with E-state index in [1.54, 1.807) is 35.2 Å². The number of aromatic nitrogens is 2. The first-order valence-electron chi connectivity index (χ1n) is 19.0. The molecule has 1 aliphatic carbocycles. The summed E-state index contributed by atoms with van der Waals surface area (Å²) >= 11 is 6.15. The Balaban J connectivity index is 1.17. The van der Waals surface area contributed by atoms with Crippen molar-refractivity contribution in [3.05, 3.63) is 101 Å². The van der Waals surface area contributed by atoms with Gasteiger partial charge in [-0.3, -0.25) is 14.4 Å². The van der Waals surface area contributed by atoms with Gasteiger partial charge in [0.2, 0.25) is 17.5 Å². The van der Waals surface area contributed by atoms with E-state index in [2.05, 4.69) is 0 Å². The van der Waals surface area contributed by atoms with Gasteiger partial charge >= 0.3 is 5.97 Å². The van der Waals surface area contributed by atoms with Gasteiger partial charge in [0.25, 0.3) is 0 Å². The lowest BCUT2D eigenvalue weighted by Gasteiger charge is -2.26. The lowest BCUT2D eigenvalue weighted by Crippen LogP contribution is -2.51. The van der Waals surface area contributed by atoms with Crippen molar-refractivity contribution in [1.29, 1.82) is 0 Å². The van der Waals surface area contributed by atoms with Crippen molar-refractivity contribution in [1.82, 2.24) is 9.55 Å². The minimum absolute atomic E-state index is 0.0465. The third-order valence-corrected chi connectivity index (χ3v) is 11.1. The van der Waals surface area contributed by atoms with Crippen molar-refractivity contribution < 1.29 is 53.8 Å². The number of rotatable bonds is 14. The van der Waals surface area contributed by atoms with E-state index in [0.717, 1.165) is 60.9 Å². The second kappa shape index (κ2) is 17.1. The number of anilines is 1. The van der Waals surface area contributed by atoms with E-state index in [4.69, 9.17) is 26.4 Å². The van der Waals surface area contributed by atoms with Gasteiger partial charge in [0.15, 0.2) is 6.10 Å². The maximum atomic E-state index is 16.3. The molecule has 0 bridgehead atoms. The molecule has 4 aromatic carbocycles. The fourth-order valence-corrected chi connectivity index (χ4v) is 7.84. The van der Waals surface area contributed by atoms with E-state index < -0.39 is 47.8 Å². The van der Waals surface area contributed by atoms with Crippen LogP contribution >= 0.6 is 11.6 Å². The summed E-state index contributed by atoms with van der Waals surface area (Å²) in [6.07, 6.45) is -4.22. The molecule has 1 saturated heterocycles. The molecule has 4 atom stereocenters. The largest absolute Gasteiger partial charge is 0.489 e. The molecule has 1 aromatic heterocycles. The van der Waals surface area contributed by atoms with Crippen LogP contribution < -0.4 is 9.64 Å². The summed E-state index contributed by atoms with van der Waals surface area (Å²) in [4.78, 5) is 56.1. The Morgan fingerprint density at radius 1 is 0.845 bits per heavy atom. The summed E-state index contributed by atoms with van der Waals surface area (Å²) in [6.45, 7) is 0.682. The van der Waals surface area contributed by atoms with Gasteiger partial charge in [-0.2, -0.15) is 0 Å². The molecule has 0 radical (unpaired) electrons. The SMILES string of the molecule is O=C(C(=O)[C@H](O)[C@@H](O)[C@H](O)[C@H](O)C(=O)O)c1ccc2c(c1)nc(-c1ccc(OCc3cc(N4CCCC4=O)ccc3-c3ccc(Cl)cc3)cc1F)n2C1CCCCC1. The van der Waals surface area contributed by atoms with Gasteiger partial charge in [-0.05, 0) is 90.6 Å². The number of carboxylic acids is 1. The van der Waals surface area contributed by atoms with E-state index in [0.29, 0.717) is 23.5 Å². The van der Waals surface area contributed by atoms with Crippen molar-refractivity contribution in [2.24, 2.45) is 0 Å². The number of aliphatic hydroxyl groups is 4. The van der Waals surface area contributed by atoms with Gasteiger partial charge < -0.3 is 39.7 Å². The second-order valence-electron chi connectivity index (χ2n) is 14.6. The first kappa shape index (κ1) is 40.7. The molecule has 13 nitrogen and oxygen atoms in total. The molecule has 0 unspecified atom stereocenters. The molecular formula is C43H41ClFN3O10. The molecule has 58 heavy (non-hydrogen) atoms. The quantitative estimate of drug-likeness (QED) is 0.0686. The monoisotopic (exact) mass is 813 g/mol. The van der Waals surface area contributed by atoms with E-state index in [9.17, 15) is 39.6 Å². The van der Waals surface area contributed by atoms with Crippen LogP contribution in [0.5, 0.6) is 5.75 Å². The number of imidazole rings is 1. The Labute approximate surface area is 336 Å². The summed E-state index contributed by atoms with van der Waals surface area (Å²) < 4.78 is 24.4. The van der Waals surface area contributed by atoms with Gasteiger partial charge in [0, 0.05) is 41.3 Å². The molecular weight excluding hydrogens is 773 g/mol. The van der Waals surface area contributed by atoms with Crippen molar-refractivity contribution in [2.45, 2.75) is 82.0 Å². The molecule has 1 amide bonds. The Morgan fingerprint density at radius 2 is 1.55 bits per heavy atom. The Hall–Kier alpha value is -5.51. The first-order chi connectivity index (χ1) is 27.8. The minimum atomic E-state index is -2.54. The van der Waals surface area contributed by atoms with Crippen LogP contribution in [0.15, 0.2) is 78.9 Å². The maximum Gasteiger partial charge on any atom is 0.335 e. The Kier molecular flexibility index (Phi) is 12.0. The number of Topliss-reactive ketones (excluding diaryl/α,β-unsaturated/α-hetero) is 2. The summed E-state index contributed by atoms with van der Waals surface area (Å²) in [5, 5.41) is 49.4. The number of carbonyl (C=O) groups is 4. The highest BCUT2D eigenvalue weighted by Gasteiger charge is 2.40. The normalized spacial score (nSPS) is 16.9. The number of amides is 1. The van der Waals surface area contributed by atoms with E-state index in [1.807, 2.05) is 34.9 Å². The Morgan fingerprint density at radius 3 is 2.22 bits per heavy atom. The minimum Gasteiger partial charge on any atom is -0.489 e. The fraction of sp³-hybridized carbons (Fsp3) is 0.326. The Bertz CT molecular complexity index is 2380. The third-order valence-electron chi connectivity index (χ3n) is 10.8. The average molecular weight is 814 g/mol. The van der Waals surface area contributed by atoms with Crippen LogP contribution in [0.1, 0.15) is 66.9 Å². The van der Waals surface area contributed by atoms with Crippen LogP contribution in [-0.2, 0) is 21.0 Å². The molecule has 2 aliphatic rings. The molecule has 5 aromatic rings. The standard InChI is InChI=1S/C43H41ClFN3O10/c44-26-11-8-23(9-12-26)30-15-13-28(47-18-4-7-35(47)49)19-25(30)22-58-29-14-16-31(32(45)21-29)42-46-33-20-24(10-17-34(33)48(42)27-5-2-1-3-6-27)36(50)37(51)38(52)39(53)40(54)41(55)43(56)57/h8-17,19-21,27,38-41,52-55H,1-7,18,22H2,(H,56,57)/t38-,39+,40-,41-/m0/s1.